The minimum atomic E-state index is -0.0416. The summed E-state index contributed by atoms with van der Waals surface area (Å²) in [6, 6.07) is 7.31. The first-order valence-electron chi connectivity index (χ1n) is 7.16. The first-order valence-corrected chi connectivity index (χ1v) is 7.69. The van der Waals surface area contributed by atoms with Gasteiger partial charge in [-0.2, -0.15) is 0 Å². The van der Waals surface area contributed by atoms with Crippen molar-refractivity contribution in [2.45, 2.75) is 39.2 Å². The smallest absolute Gasteiger partial charge is 0.251 e. The Labute approximate surface area is 125 Å². The molecule has 1 saturated carbocycles. The molecule has 1 N–H and O–H groups in total. The highest BCUT2D eigenvalue weighted by molar-refractivity contribution is 6.17. The highest BCUT2D eigenvalue weighted by Crippen LogP contribution is 2.48. The van der Waals surface area contributed by atoms with Crippen LogP contribution >= 0.6 is 11.6 Å². The van der Waals surface area contributed by atoms with Gasteiger partial charge in [0.15, 0.2) is 0 Å². The first kappa shape index (κ1) is 15.2. The van der Waals surface area contributed by atoms with Crippen LogP contribution in [-0.2, 0) is 0 Å². The number of benzene rings is 1. The fourth-order valence-corrected chi connectivity index (χ4v) is 2.65. The SMILES string of the molecule is CC(C)Oc1cccc(C(=O)NCC2(CCCl)CC2)c1. The molecule has 0 heterocycles. The van der Waals surface area contributed by atoms with E-state index in [2.05, 4.69) is 5.32 Å². The Morgan fingerprint density at radius 2 is 2.20 bits per heavy atom. The van der Waals surface area contributed by atoms with E-state index in [4.69, 9.17) is 16.3 Å². The zero-order valence-corrected chi connectivity index (χ0v) is 12.9. The van der Waals surface area contributed by atoms with Gasteiger partial charge in [-0.05, 0) is 56.7 Å². The standard InChI is InChI=1S/C16H22ClNO2/c1-12(2)20-14-5-3-4-13(10-14)15(19)18-11-16(6-7-16)8-9-17/h3-5,10,12H,6-9,11H2,1-2H3,(H,18,19). The van der Waals surface area contributed by atoms with Crippen LogP contribution < -0.4 is 10.1 Å². The Morgan fingerprint density at radius 1 is 1.45 bits per heavy atom. The molecule has 0 saturated heterocycles. The van der Waals surface area contributed by atoms with Gasteiger partial charge in [0.05, 0.1) is 6.10 Å². The summed E-state index contributed by atoms with van der Waals surface area (Å²) in [4.78, 5) is 12.2. The van der Waals surface area contributed by atoms with Gasteiger partial charge in [-0.15, -0.1) is 11.6 Å². The third-order valence-electron chi connectivity index (χ3n) is 3.67. The molecule has 1 aromatic carbocycles. The number of rotatable bonds is 7. The number of carbonyl (C=O) groups excluding carboxylic acids is 1. The average Bonchev–Trinajstić information content (AvgIpc) is 3.16. The highest BCUT2D eigenvalue weighted by Gasteiger charge is 2.41. The van der Waals surface area contributed by atoms with Gasteiger partial charge < -0.3 is 10.1 Å². The lowest BCUT2D eigenvalue weighted by Gasteiger charge is -2.15. The van der Waals surface area contributed by atoms with E-state index >= 15 is 0 Å². The van der Waals surface area contributed by atoms with Crippen molar-refractivity contribution >= 4 is 17.5 Å². The van der Waals surface area contributed by atoms with Crippen LogP contribution in [-0.4, -0.2) is 24.4 Å². The topological polar surface area (TPSA) is 38.3 Å². The molecule has 0 aromatic heterocycles. The number of halogens is 1. The second-order valence-electron chi connectivity index (χ2n) is 5.82. The molecule has 1 aromatic rings. The number of nitrogens with one attached hydrogen (secondary N) is 1. The van der Waals surface area contributed by atoms with Gasteiger partial charge in [0.1, 0.15) is 5.75 Å². The van der Waals surface area contributed by atoms with E-state index in [-0.39, 0.29) is 17.4 Å². The minimum absolute atomic E-state index is 0.0416. The maximum atomic E-state index is 12.2. The van der Waals surface area contributed by atoms with Crippen molar-refractivity contribution in [2.24, 2.45) is 5.41 Å². The average molecular weight is 296 g/mol. The molecule has 1 amide bonds. The van der Waals surface area contributed by atoms with E-state index in [1.807, 2.05) is 32.0 Å². The van der Waals surface area contributed by atoms with Crippen LogP contribution in [0.1, 0.15) is 43.5 Å². The van der Waals surface area contributed by atoms with Gasteiger partial charge in [-0.1, -0.05) is 6.07 Å². The van der Waals surface area contributed by atoms with Gasteiger partial charge in [0, 0.05) is 18.0 Å². The van der Waals surface area contributed by atoms with E-state index in [1.54, 1.807) is 6.07 Å². The van der Waals surface area contributed by atoms with Gasteiger partial charge in [0.2, 0.25) is 0 Å². The molecule has 20 heavy (non-hydrogen) atoms. The zero-order valence-electron chi connectivity index (χ0n) is 12.1. The quantitative estimate of drug-likeness (QED) is 0.780. The summed E-state index contributed by atoms with van der Waals surface area (Å²) >= 11 is 5.80. The second-order valence-corrected chi connectivity index (χ2v) is 6.19. The van der Waals surface area contributed by atoms with Crippen LogP contribution in [0.5, 0.6) is 5.75 Å². The van der Waals surface area contributed by atoms with Crippen LogP contribution in [0.25, 0.3) is 0 Å². The number of hydrogen-bond donors (Lipinski definition) is 1. The number of hydrogen-bond acceptors (Lipinski definition) is 2. The summed E-state index contributed by atoms with van der Waals surface area (Å²) in [5.41, 5.74) is 0.897. The van der Waals surface area contributed by atoms with Gasteiger partial charge in [-0.25, -0.2) is 0 Å². The molecule has 110 valence electrons. The number of alkyl halides is 1. The fourth-order valence-electron chi connectivity index (χ4n) is 2.25. The molecule has 1 aliphatic rings. The molecular formula is C16H22ClNO2. The maximum Gasteiger partial charge on any atom is 0.251 e. The summed E-state index contributed by atoms with van der Waals surface area (Å²) in [7, 11) is 0. The molecule has 2 rings (SSSR count). The molecule has 0 atom stereocenters. The Kier molecular flexibility index (Phi) is 4.92. The van der Waals surface area contributed by atoms with Gasteiger partial charge >= 0.3 is 0 Å². The van der Waals surface area contributed by atoms with E-state index in [0.29, 0.717) is 18.0 Å². The molecule has 0 unspecified atom stereocenters. The maximum absolute atomic E-state index is 12.2. The highest BCUT2D eigenvalue weighted by atomic mass is 35.5. The van der Waals surface area contributed by atoms with Crippen LogP contribution in [0.4, 0.5) is 0 Å². The van der Waals surface area contributed by atoms with Crippen molar-refractivity contribution in [3.63, 3.8) is 0 Å². The molecule has 3 nitrogen and oxygen atoms in total. The third-order valence-corrected chi connectivity index (χ3v) is 3.86. The third kappa shape index (κ3) is 4.14. The summed E-state index contributed by atoms with van der Waals surface area (Å²) in [5, 5.41) is 3.01. The Morgan fingerprint density at radius 3 is 2.80 bits per heavy atom. The van der Waals surface area contributed by atoms with E-state index in [0.717, 1.165) is 25.0 Å². The van der Waals surface area contributed by atoms with Crippen molar-refractivity contribution < 1.29 is 9.53 Å². The molecule has 0 radical (unpaired) electrons. The zero-order chi connectivity index (χ0) is 14.6. The number of carbonyl (C=O) groups is 1. The van der Waals surface area contributed by atoms with Gasteiger partial charge in [-0.3, -0.25) is 4.79 Å². The summed E-state index contributed by atoms with van der Waals surface area (Å²) in [6.07, 6.45) is 3.41. The van der Waals surface area contributed by atoms with Crippen molar-refractivity contribution in [1.82, 2.24) is 5.32 Å². The lowest BCUT2D eigenvalue weighted by atomic mass is 10.0. The number of amides is 1. The summed E-state index contributed by atoms with van der Waals surface area (Å²) in [6.45, 7) is 4.65. The predicted molar refractivity (Wildman–Crippen MR) is 81.5 cm³/mol. The van der Waals surface area contributed by atoms with E-state index in [9.17, 15) is 4.79 Å². The van der Waals surface area contributed by atoms with Crippen molar-refractivity contribution in [3.05, 3.63) is 29.8 Å². The molecule has 1 aliphatic carbocycles. The van der Waals surface area contributed by atoms with Crippen molar-refractivity contribution in [3.8, 4) is 5.75 Å². The molecule has 1 fully saturated rings. The van der Waals surface area contributed by atoms with Crippen LogP contribution in [0, 0.1) is 5.41 Å². The summed E-state index contributed by atoms with van der Waals surface area (Å²) < 4.78 is 5.60. The normalized spacial score (nSPS) is 16.0. The van der Waals surface area contributed by atoms with Crippen molar-refractivity contribution in [2.75, 3.05) is 12.4 Å². The first-order chi connectivity index (χ1) is 9.54. The molecule has 0 aliphatic heterocycles. The second kappa shape index (κ2) is 6.49. The lowest BCUT2D eigenvalue weighted by Crippen LogP contribution is -2.30. The van der Waals surface area contributed by atoms with E-state index < -0.39 is 0 Å². The van der Waals surface area contributed by atoms with Crippen LogP contribution in [0.3, 0.4) is 0 Å². The predicted octanol–water partition coefficient (Wildman–Crippen LogP) is 3.61. The van der Waals surface area contributed by atoms with E-state index in [1.165, 1.54) is 0 Å². The van der Waals surface area contributed by atoms with Gasteiger partial charge in [0.25, 0.3) is 5.91 Å². The Bertz CT molecular complexity index is 469. The van der Waals surface area contributed by atoms with Crippen molar-refractivity contribution in [1.29, 1.82) is 0 Å². The minimum Gasteiger partial charge on any atom is -0.491 e. The monoisotopic (exact) mass is 295 g/mol. The number of ether oxygens (including phenoxy) is 1. The molecule has 4 heteroatoms. The summed E-state index contributed by atoms with van der Waals surface area (Å²) in [5.74, 6) is 1.35. The molecular weight excluding hydrogens is 274 g/mol. The largest absolute Gasteiger partial charge is 0.491 e. The molecule has 0 spiro atoms. The fraction of sp³-hybridized carbons (Fsp3) is 0.562. The Balaban J connectivity index is 1.92. The lowest BCUT2D eigenvalue weighted by molar-refractivity contribution is 0.0943. The Hall–Kier alpha value is -1.22. The van der Waals surface area contributed by atoms with Crippen LogP contribution in [0.15, 0.2) is 24.3 Å². The molecule has 0 bridgehead atoms. The van der Waals surface area contributed by atoms with Crippen LogP contribution in [0.2, 0.25) is 0 Å².